The Kier molecular flexibility index (Phi) is 4.22. The summed E-state index contributed by atoms with van der Waals surface area (Å²) in [7, 11) is 2.08. The van der Waals surface area contributed by atoms with Crippen molar-refractivity contribution < 1.29 is 4.74 Å². The molecule has 4 unspecified atom stereocenters. The van der Waals surface area contributed by atoms with Gasteiger partial charge in [0.1, 0.15) is 0 Å². The molecular formula is C13H26N2O. The van der Waals surface area contributed by atoms with Crippen molar-refractivity contribution in [2.45, 2.75) is 51.4 Å². The number of nitrogens with zero attached hydrogens (tertiary/aromatic N) is 1. The van der Waals surface area contributed by atoms with Crippen molar-refractivity contribution in [2.75, 3.05) is 26.7 Å². The molecule has 2 rings (SSSR count). The number of hydrogen-bond donors (Lipinski definition) is 1. The zero-order valence-electron chi connectivity index (χ0n) is 10.9. The lowest BCUT2D eigenvalue weighted by atomic mass is 9.94. The topological polar surface area (TPSA) is 24.5 Å². The van der Waals surface area contributed by atoms with Crippen molar-refractivity contribution in [2.24, 2.45) is 5.92 Å². The van der Waals surface area contributed by atoms with Gasteiger partial charge in [0.05, 0.1) is 12.2 Å². The Hall–Kier alpha value is -0.120. The van der Waals surface area contributed by atoms with Gasteiger partial charge >= 0.3 is 0 Å². The Morgan fingerprint density at radius 2 is 2.06 bits per heavy atom. The maximum Gasteiger partial charge on any atom is 0.0706 e. The smallest absolute Gasteiger partial charge is 0.0706 e. The van der Waals surface area contributed by atoms with Gasteiger partial charge in [-0.2, -0.15) is 0 Å². The van der Waals surface area contributed by atoms with E-state index in [1.54, 1.807) is 0 Å². The van der Waals surface area contributed by atoms with Crippen LogP contribution in [0.25, 0.3) is 0 Å². The second-order valence-corrected chi connectivity index (χ2v) is 5.57. The third kappa shape index (κ3) is 2.96. The first-order chi connectivity index (χ1) is 7.69. The molecule has 4 atom stereocenters. The second-order valence-electron chi connectivity index (χ2n) is 5.57. The first-order valence-corrected chi connectivity index (χ1v) is 6.74. The molecule has 0 saturated carbocycles. The normalized spacial score (nSPS) is 41.4. The fourth-order valence-corrected chi connectivity index (χ4v) is 3.13. The molecule has 0 aromatic heterocycles. The highest BCUT2D eigenvalue weighted by molar-refractivity contribution is 4.84. The average molecular weight is 226 g/mol. The molecule has 0 aromatic rings. The minimum absolute atomic E-state index is 0.484. The number of piperidine rings is 1. The minimum Gasteiger partial charge on any atom is -0.374 e. The maximum atomic E-state index is 5.90. The second kappa shape index (κ2) is 5.48. The van der Waals surface area contributed by atoms with Crippen LogP contribution in [0.15, 0.2) is 0 Å². The molecule has 2 aliphatic rings. The van der Waals surface area contributed by atoms with Crippen molar-refractivity contribution in [3.05, 3.63) is 0 Å². The molecule has 2 saturated heterocycles. The summed E-state index contributed by atoms with van der Waals surface area (Å²) in [6.45, 7) is 8.14. The van der Waals surface area contributed by atoms with E-state index in [2.05, 4.69) is 31.1 Å². The molecule has 0 radical (unpaired) electrons. The highest BCUT2D eigenvalue weighted by atomic mass is 16.5. The Labute approximate surface area is 99.5 Å². The predicted octanol–water partition coefficient (Wildman–Crippen LogP) is 1.48. The SMILES string of the molecule is CNC1CCN(CC2CCC(C)O2)CC1C. The first-order valence-electron chi connectivity index (χ1n) is 6.74. The van der Waals surface area contributed by atoms with E-state index >= 15 is 0 Å². The molecule has 2 heterocycles. The lowest BCUT2D eigenvalue weighted by molar-refractivity contribution is 0.0195. The van der Waals surface area contributed by atoms with Crippen LogP contribution in [-0.4, -0.2) is 49.8 Å². The van der Waals surface area contributed by atoms with E-state index in [9.17, 15) is 0 Å². The number of rotatable bonds is 3. The van der Waals surface area contributed by atoms with E-state index in [0.29, 0.717) is 18.2 Å². The number of hydrogen-bond acceptors (Lipinski definition) is 3. The summed E-state index contributed by atoms with van der Waals surface area (Å²) in [4.78, 5) is 2.58. The van der Waals surface area contributed by atoms with Crippen LogP contribution in [0.1, 0.15) is 33.1 Å². The van der Waals surface area contributed by atoms with Crippen molar-refractivity contribution in [3.63, 3.8) is 0 Å². The molecule has 16 heavy (non-hydrogen) atoms. The highest BCUT2D eigenvalue weighted by Crippen LogP contribution is 2.22. The fourth-order valence-electron chi connectivity index (χ4n) is 3.13. The van der Waals surface area contributed by atoms with Crippen LogP contribution in [0.4, 0.5) is 0 Å². The molecule has 1 N–H and O–H groups in total. The number of ether oxygens (including phenoxy) is 1. The monoisotopic (exact) mass is 226 g/mol. The van der Waals surface area contributed by atoms with E-state index in [1.807, 2.05) is 0 Å². The van der Waals surface area contributed by atoms with E-state index in [1.165, 1.54) is 32.4 Å². The predicted molar refractivity (Wildman–Crippen MR) is 66.6 cm³/mol. The molecule has 0 amide bonds. The third-order valence-electron chi connectivity index (χ3n) is 4.14. The maximum absolute atomic E-state index is 5.90. The van der Waals surface area contributed by atoms with Crippen LogP contribution in [-0.2, 0) is 4.74 Å². The van der Waals surface area contributed by atoms with Crippen molar-refractivity contribution in [3.8, 4) is 0 Å². The highest BCUT2D eigenvalue weighted by Gasteiger charge is 2.29. The van der Waals surface area contributed by atoms with Crippen molar-refractivity contribution in [1.82, 2.24) is 10.2 Å². The zero-order chi connectivity index (χ0) is 11.5. The Morgan fingerprint density at radius 3 is 2.62 bits per heavy atom. The van der Waals surface area contributed by atoms with E-state index in [4.69, 9.17) is 4.74 Å². The van der Waals surface area contributed by atoms with Gasteiger partial charge in [0.15, 0.2) is 0 Å². The quantitative estimate of drug-likeness (QED) is 0.789. The first kappa shape index (κ1) is 12.3. The lowest BCUT2D eigenvalue weighted by Crippen LogP contribution is -2.49. The van der Waals surface area contributed by atoms with Gasteiger partial charge in [-0.25, -0.2) is 0 Å². The van der Waals surface area contributed by atoms with Crippen LogP contribution in [0.5, 0.6) is 0 Å². The average Bonchev–Trinajstić information content (AvgIpc) is 2.64. The van der Waals surface area contributed by atoms with Crippen LogP contribution in [0.2, 0.25) is 0 Å². The summed E-state index contributed by atoms with van der Waals surface area (Å²) >= 11 is 0. The molecule has 3 heteroatoms. The van der Waals surface area contributed by atoms with Gasteiger partial charge < -0.3 is 15.0 Å². The third-order valence-corrected chi connectivity index (χ3v) is 4.14. The van der Waals surface area contributed by atoms with Gasteiger partial charge in [0, 0.05) is 19.1 Å². The van der Waals surface area contributed by atoms with Gasteiger partial charge in [-0.15, -0.1) is 0 Å². The van der Waals surface area contributed by atoms with Crippen LogP contribution >= 0.6 is 0 Å². The molecule has 94 valence electrons. The fraction of sp³-hybridized carbons (Fsp3) is 1.00. The number of nitrogens with one attached hydrogen (secondary N) is 1. The largest absolute Gasteiger partial charge is 0.374 e. The van der Waals surface area contributed by atoms with Crippen molar-refractivity contribution >= 4 is 0 Å². The molecule has 0 spiro atoms. The summed E-state index contributed by atoms with van der Waals surface area (Å²) < 4.78 is 5.90. The molecule has 2 aliphatic heterocycles. The van der Waals surface area contributed by atoms with Crippen LogP contribution < -0.4 is 5.32 Å². The van der Waals surface area contributed by atoms with E-state index < -0.39 is 0 Å². The van der Waals surface area contributed by atoms with Crippen LogP contribution in [0.3, 0.4) is 0 Å². The summed E-state index contributed by atoms with van der Waals surface area (Å²) in [5.74, 6) is 0.762. The summed E-state index contributed by atoms with van der Waals surface area (Å²) in [6, 6.07) is 0.708. The lowest BCUT2D eigenvalue weighted by Gasteiger charge is -2.37. The minimum atomic E-state index is 0.484. The van der Waals surface area contributed by atoms with Crippen molar-refractivity contribution in [1.29, 1.82) is 0 Å². The summed E-state index contributed by atoms with van der Waals surface area (Å²) in [5, 5.41) is 3.42. The number of likely N-dealkylation sites (tertiary alicyclic amines) is 1. The summed E-state index contributed by atoms with van der Waals surface area (Å²) in [6.07, 6.45) is 4.75. The molecular weight excluding hydrogens is 200 g/mol. The zero-order valence-corrected chi connectivity index (χ0v) is 10.9. The van der Waals surface area contributed by atoms with Crippen LogP contribution in [0, 0.1) is 5.92 Å². The Morgan fingerprint density at radius 1 is 1.25 bits per heavy atom. The summed E-state index contributed by atoms with van der Waals surface area (Å²) in [5.41, 5.74) is 0. The Bertz CT molecular complexity index is 222. The molecule has 0 aliphatic carbocycles. The standard InChI is InChI=1S/C13H26N2O/c1-10-8-15(7-6-13(10)14-3)9-12-5-4-11(2)16-12/h10-14H,4-9H2,1-3H3. The van der Waals surface area contributed by atoms with E-state index in [-0.39, 0.29) is 0 Å². The van der Waals surface area contributed by atoms with Gasteiger partial charge in [-0.3, -0.25) is 0 Å². The molecule has 2 fully saturated rings. The van der Waals surface area contributed by atoms with Gasteiger partial charge in [-0.05, 0) is 45.7 Å². The van der Waals surface area contributed by atoms with Gasteiger partial charge in [0.25, 0.3) is 0 Å². The molecule has 3 nitrogen and oxygen atoms in total. The Balaban J connectivity index is 1.75. The molecule has 0 bridgehead atoms. The van der Waals surface area contributed by atoms with Gasteiger partial charge in [-0.1, -0.05) is 6.92 Å². The van der Waals surface area contributed by atoms with Gasteiger partial charge in [0.2, 0.25) is 0 Å². The molecule has 0 aromatic carbocycles. The van der Waals surface area contributed by atoms with E-state index in [0.717, 1.165) is 12.5 Å².